The van der Waals surface area contributed by atoms with Gasteiger partial charge in [-0.15, -0.1) is 22.0 Å². The number of thioether (sulfide) groups is 1. The van der Waals surface area contributed by atoms with Crippen molar-refractivity contribution in [2.24, 2.45) is 0 Å². The minimum atomic E-state index is 0.141. The van der Waals surface area contributed by atoms with Gasteiger partial charge in [0, 0.05) is 18.5 Å². The van der Waals surface area contributed by atoms with E-state index in [1.807, 2.05) is 11.8 Å². The number of rotatable bonds is 4. The normalized spacial score (nSPS) is 21.2. The van der Waals surface area contributed by atoms with Crippen LogP contribution in [0.5, 0.6) is 0 Å². The molecule has 1 fully saturated rings. The van der Waals surface area contributed by atoms with E-state index in [9.17, 15) is 0 Å². The molecule has 2 rings (SSSR count). The highest BCUT2D eigenvalue weighted by Gasteiger charge is 2.21. The molecule has 1 aliphatic heterocycles. The maximum absolute atomic E-state index is 5.75. The van der Waals surface area contributed by atoms with Crippen LogP contribution in [0.4, 0.5) is 0 Å². The summed E-state index contributed by atoms with van der Waals surface area (Å²) in [5, 5.41) is 12.2. The molecular weight excluding hydrogens is 246 g/mol. The van der Waals surface area contributed by atoms with Gasteiger partial charge in [0.2, 0.25) is 11.8 Å². The zero-order valence-electron chi connectivity index (χ0n) is 11.5. The average Bonchev–Trinajstić information content (AvgIpc) is 2.77. The van der Waals surface area contributed by atoms with E-state index >= 15 is 0 Å². The van der Waals surface area contributed by atoms with Gasteiger partial charge in [0.15, 0.2) is 0 Å². The molecule has 1 atom stereocenters. The number of nitrogens with one attached hydrogen (secondary N) is 1. The van der Waals surface area contributed by atoms with Gasteiger partial charge in [0.25, 0.3) is 0 Å². The van der Waals surface area contributed by atoms with Gasteiger partial charge in [-0.2, -0.15) is 0 Å². The number of hydrogen-bond acceptors (Lipinski definition) is 5. The van der Waals surface area contributed by atoms with Gasteiger partial charge < -0.3 is 9.73 Å². The molecule has 0 amide bonds. The Morgan fingerprint density at radius 1 is 1.33 bits per heavy atom. The maximum Gasteiger partial charge on any atom is 0.229 e. The first-order chi connectivity index (χ1) is 8.54. The summed E-state index contributed by atoms with van der Waals surface area (Å²) < 4.78 is 5.75. The molecular formula is C13H23N3OS. The predicted octanol–water partition coefficient (Wildman–Crippen LogP) is 2.96. The number of hydrogen-bond donors (Lipinski definition) is 1. The summed E-state index contributed by atoms with van der Waals surface area (Å²) in [6.07, 6.45) is 4.58. The Labute approximate surface area is 113 Å². The van der Waals surface area contributed by atoms with E-state index in [4.69, 9.17) is 4.42 Å². The summed E-state index contributed by atoms with van der Waals surface area (Å²) in [4.78, 5) is 0. The summed E-state index contributed by atoms with van der Waals surface area (Å²) in [6.45, 7) is 7.35. The Hall–Kier alpha value is -0.550. The lowest BCUT2D eigenvalue weighted by Crippen LogP contribution is -2.37. The molecule has 0 aromatic carbocycles. The minimum Gasteiger partial charge on any atom is -0.424 e. The smallest absolute Gasteiger partial charge is 0.229 e. The van der Waals surface area contributed by atoms with E-state index in [0.717, 1.165) is 24.7 Å². The van der Waals surface area contributed by atoms with Crippen LogP contribution in [0.1, 0.15) is 57.1 Å². The van der Waals surface area contributed by atoms with Crippen molar-refractivity contribution >= 4 is 11.8 Å². The topological polar surface area (TPSA) is 51.0 Å². The lowest BCUT2D eigenvalue weighted by molar-refractivity contribution is 0.397. The fourth-order valence-corrected chi connectivity index (χ4v) is 3.20. The van der Waals surface area contributed by atoms with Crippen LogP contribution in [0.2, 0.25) is 0 Å². The Bertz CT molecular complexity index is 367. The van der Waals surface area contributed by atoms with E-state index < -0.39 is 0 Å². The molecule has 2 heterocycles. The van der Waals surface area contributed by atoms with E-state index in [-0.39, 0.29) is 5.54 Å². The molecule has 5 heteroatoms. The zero-order chi connectivity index (χ0) is 13.0. The second kappa shape index (κ2) is 6.06. The van der Waals surface area contributed by atoms with Crippen LogP contribution >= 0.6 is 11.8 Å². The van der Waals surface area contributed by atoms with Gasteiger partial charge in [0.1, 0.15) is 0 Å². The third-order valence-corrected chi connectivity index (χ3v) is 4.30. The lowest BCUT2D eigenvalue weighted by Gasteiger charge is -2.19. The van der Waals surface area contributed by atoms with Gasteiger partial charge in [-0.05, 0) is 39.4 Å². The quantitative estimate of drug-likeness (QED) is 0.910. The highest BCUT2D eigenvalue weighted by Crippen LogP contribution is 2.37. The molecule has 18 heavy (non-hydrogen) atoms. The molecule has 1 aliphatic rings. The summed E-state index contributed by atoms with van der Waals surface area (Å²) >= 11 is 1.95. The lowest BCUT2D eigenvalue weighted by atomic mass is 10.1. The molecule has 0 radical (unpaired) electrons. The van der Waals surface area contributed by atoms with Crippen molar-refractivity contribution in [3.63, 3.8) is 0 Å². The monoisotopic (exact) mass is 269 g/mol. The van der Waals surface area contributed by atoms with E-state index in [1.165, 1.54) is 25.0 Å². The van der Waals surface area contributed by atoms with Crippen LogP contribution in [0, 0.1) is 0 Å². The second-order valence-corrected chi connectivity index (χ2v) is 7.13. The van der Waals surface area contributed by atoms with Crippen LogP contribution < -0.4 is 5.32 Å². The maximum atomic E-state index is 5.75. The molecule has 1 N–H and O–H groups in total. The van der Waals surface area contributed by atoms with Crippen LogP contribution in [0.25, 0.3) is 0 Å². The molecule has 0 bridgehead atoms. The van der Waals surface area contributed by atoms with Crippen molar-refractivity contribution in [1.82, 2.24) is 15.5 Å². The Morgan fingerprint density at radius 3 is 2.83 bits per heavy atom. The molecule has 1 unspecified atom stereocenters. The van der Waals surface area contributed by atoms with Crippen molar-refractivity contribution in [3.8, 4) is 0 Å². The largest absolute Gasteiger partial charge is 0.424 e. The molecule has 102 valence electrons. The molecule has 1 saturated heterocycles. The average molecular weight is 269 g/mol. The highest BCUT2D eigenvalue weighted by molar-refractivity contribution is 7.99. The Morgan fingerprint density at radius 2 is 2.17 bits per heavy atom. The van der Waals surface area contributed by atoms with Crippen LogP contribution in [-0.4, -0.2) is 28.0 Å². The van der Waals surface area contributed by atoms with Gasteiger partial charge in [-0.25, -0.2) is 0 Å². The fraction of sp³-hybridized carbons (Fsp3) is 0.846. The molecule has 4 nitrogen and oxygen atoms in total. The fourth-order valence-electron chi connectivity index (χ4n) is 1.98. The van der Waals surface area contributed by atoms with Crippen molar-refractivity contribution in [2.75, 3.05) is 12.3 Å². The van der Waals surface area contributed by atoms with E-state index in [1.54, 1.807) is 0 Å². The molecule has 1 aromatic rings. The third-order valence-electron chi connectivity index (χ3n) is 2.93. The predicted molar refractivity (Wildman–Crippen MR) is 74.8 cm³/mol. The molecule has 0 aliphatic carbocycles. The van der Waals surface area contributed by atoms with Gasteiger partial charge in [-0.1, -0.05) is 6.42 Å². The summed E-state index contributed by atoms with van der Waals surface area (Å²) in [7, 11) is 0. The van der Waals surface area contributed by atoms with Gasteiger partial charge in [0.05, 0.1) is 5.25 Å². The Kier molecular flexibility index (Phi) is 4.67. The second-order valence-electron chi connectivity index (χ2n) is 5.82. The summed E-state index contributed by atoms with van der Waals surface area (Å²) in [5.41, 5.74) is 0.141. The molecule has 0 saturated carbocycles. The van der Waals surface area contributed by atoms with Crippen molar-refractivity contribution < 1.29 is 4.42 Å². The van der Waals surface area contributed by atoms with Crippen LogP contribution in [-0.2, 0) is 6.42 Å². The van der Waals surface area contributed by atoms with Crippen LogP contribution in [0.15, 0.2) is 4.42 Å². The van der Waals surface area contributed by atoms with Crippen molar-refractivity contribution in [1.29, 1.82) is 0 Å². The summed E-state index contributed by atoms with van der Waals surface area (Å²) in [6, 6.07) is 0. The first-order valence-corrected chi connectivity index (χ1v) is 7.78. The molecule has 0 spiro atoms. The highest BCUT2D eigenvalue weighted by atomic mass is 32.2. The number of aromatic nitrogens is 2. The van der Waals surface area contributed by atoms with Gasteiger partial charge >= 0.3 is 0 Å². The first kappa shape index (κ1) is 13.9. The van der Waals surface area contributed by atoms with Crippen molar-refractivity contribution in [2.45, 2.75) is 57.2 Å². The van der Waals surface area contributed by atoms with E-state index in [2.05, 4.69) is 36.3 Å². The van der Waals surface area contributed by atoms with E-state index in [0.29, 0.717) is 5.25 Å². The Balaban J connectivity index is 1.82. The van der Waals surface area contributed by atoms with Gasteiger partial charge in [-0.3, -0.25) is 0 Å². The van der Waals surface area contributed by atoms with Crippen molar-refractivity contribution in [3.05, 3.63) is 11.8 Å². The standard InChI is InChI=1S/C13H23N3OS/c1-13(2,3)14-8-7-11-15-16-12(17-11)10-6-4-5-9-18-10/h10,14H,4-9H2,1-3H3. The van der Waals surface area contributed by atoms with Crippen LogP contribution in [0.3, 0.4) is 0 Å². The minimum absolute atomic E-state index is 0.141. The third kappa shape index (κ3) is 4.28. The SMILES string of the molecule is CC(C)(C)NCCc1nnc(C2CCCCS2)o1. The first-order valence-electron chi connectivity index (χ1n) is 6.73. The molecule has 1 aromatic heterocycles. The zero-order valence-corrected chi connectivity index (χ0v) is 12.3. The number of nitrogens with zero attached hydrogens (tertiary/aromatic N) is 2. The summed E-state index contributed by atoms with van der Waals surface area (Å²) in [5.74, 6) is 2.80.